The average molecular weight is 239 g/mol. The molecule has 17 heavy (non-hydrogen) atoms. The highest BCUT2D eigenvalue weighted by atomic mass is 16.7. The molecule has 0 spiro atoms. The van der Waals surface area contributed by atoms with Gasteiger partial charge in [-0.2, -0.15) is 0 Å². The second-order valence-electron chi connectivity index (χ2n) is 3.90. The van der Waals surface area contributed by atoms with Crippen LogP contribution in [0.3, 0.4) is 0 Å². The molecule has 1 aromatic rings. The fraction of sp³-hybridized carbons (Fsp3) is 0.538. The summed E-state index contributed by atoms with van der Waals surface area (Å²) in [5.41, 5.74) is 7.04. The van der Waals surface area contributed by atoms with Crippen LogP contribution >= 0.6 is 0 Å². The van der Waals surface area contributed by atoms with Gasteiger partial charge in [-0.1, -0.05) is 13.0 Å². The minimum Gasteiger partial charge on any atom is -0.497 e. The summed E-state index contributed by atoms with van der Waals surface area (Å²) in [6.07, 6.45) is 1.73. The molecule has 1 atom stereocenters. The minimum atomic E-state index is 0.147. The summed E-state index contributed by atoms with van der Waals surface area (Å²) in [4.78, 5) is 0. The second-order valence-corrected chi connectivity index (χ2v) is 3.90. The van der Waals surface area contributed by atoms with Crippen LogP contribution in [0, 0.1) is 0 Å². The van der Waals surface area contributed by atoms with E-state index < -0.39 is 0 Å². The van der Waals surface area contributed by atoms with Gasteiger partial charge in [-0.15, -0.1) is 0 Å². The number of ether oxygens (including phenoxy) is 3. The van der Waals surface area contributed by atoms with Crippen molar-refractivity contribution in [2.24, 2.45) is 5.73 Å². The number of methoxy groups -OCH3 is 2. The van der Waals surface area contributed by atoms with Crippen LogP contribution in [0.1, 0.15) is 18.9 Å². The molecule has 0 aliphatic carbocycles. The highest BCUT2D eigenvalue weighted by molar-refractivity contribution is 5.41. The van der Waals surface area contributed by atoms with Gasteiger partial charge in [0, 0.05) is 19.2 Å². The first-order chi connectivity index (χ1) is 8.21. The molecule has 4 heteroatoms. The van der Waals surface area contributed by atoms with E-state index in [0.717, 1.165) is 29.9 Å². The van der Waals surface area contributed by atoms with E-state index in [1.807, 2.05) is 18.2 Å². The van der Waals surface area contributed by atoms with Crippen LogP contribution in [-0.4, -0.2) is 27.1 Å². The fourth-order valence-electron chi connectivity index (χ4n) is 1.51. The van der Waals surface area contributed by atoms with Crippen molar-refractivity contribution in [2.45, 2.75) is 25.8 Å². The van der Waals surface area contributed by atoms with Crippen molar-refractivity contribution in [2.75, 3.05) is 21.0 Å². The largest absolute Gasteiger partial charge is 0.497 e. The van der Waals surface area contributed by atoms with E-state index in [1.165, 1.54) is 0 Å². The predicted octanol–water partition coefficient (Wildman–Crippen LogP) is 1.96. The van der Waals surface area contributed by atoms with E-state index in [2.05, 4.69) is 6.92 Å². The molecule has 0 saturated heterocycles. The van der Waals surface area contributed by atoms with Crippen molar-refractivity contribution in [3.05, 3.63) is 23.8 Å². The second kappa shape index (κ2) is 7.14. The number of hydrogen-bond donors (Lipinski definition) is 1. The van der Waals surface area contributed by atoms with Crippen molar-refractivity contribution < 1.29 is 14.2 Å². The molecule has 96 valence electrons. The summed E-state index contributed by atoms with van der Waals surface area (Å²) in [5, 5.41) is 0. The van der Waals surface area contributed by atoms with Gasteiger partial charge < -0.3 is 19.9 Å². The lowest BCUT2D eigenvalue weighted by atomic mass is 10.0. The lowest BCUT2D eigenvalue weighted by molar-refractivity contribution is 0.0502. The van der Waals surface area contributed by atoms with Gasteiger partial charge in [0.1, 0.15) is 11.5 Å². The number of benzene rings is 1. The summed E-state index contributed by atoms with van der Waals surface area (Å²) in [6, 6.07) is 5.90. The Morgan fingerprint density at radius 2 is 2.06 bits per heavy atom. The molecule has 0 radical (unpaired) electrons. The first-order valence-corrected chi connectivity index (χ1v) is 5.75. The van der Waals surface area contributed by atoms with Gasteiger partial charge in [-0.05, 0) is 24.5 Å². The fourth-order valence-corrected chi connectivity index (χ4v) is 1.51. The number of hydrogen-bond acceptors (Lipinski definition) is 4. The maximum atomic E-state index is 5.96. The first kappa shape index (κ1) is 13.8. The maximum absolute atomic E-state index is 5.96. The highest BCUT2D eigenvalue weighted by Gasteiger charge is 2.09. The maximum Gasteiger partial charge on any atom is 0.188 e. The Kier molecular flexibility index (Phi) is 5.80. The van der Waals surface area contributed by atoms with Crippen LogP contribution in [0.2, 0.25) is 0 Å². The summed E-state index contributed by atoms with van der Waals surface area (Å²) in [6.45, 7) is 2.30. The predicted molar refractivity (Wildman–Crippen MR) is 67.5 cm³/mol. The SMILES string of the molecule is CCC(N)Cc1ccc(OC)cc1OCOC. The molecule has 0 bridgehead atoms. The Bertz CT molecular complexity index is 341. The molecular weight excluding hydrogens is 218 g/mol. The highest BCUT2D eigenvalue weighted by Crippen LogP contribution is 2.26. The Morgan fingerprint density at radius 3 is 2.65 bits per heavy atom. The van der Waals surface area contributed by atoms with Gasteiger partial charge in [0.05, 0.1) is 7.11 Å². The first-order valence-electron chi connectivity index (χ1n) is 5.75. The molecule has 0 amide bonds. The Morgan fingerprint density at radius 1 is 1.29 bits per heavy atom. The van der Waals surface area contributed by atoms with Crippen molar-refractivity contribution >= 4 is 0 Å². The molecule has 4 nitrogen and oxygen atoms in total. The summed E-state index contributed by atoms with van der Waals surface area (Å²) in [5.74, 6) is 1.54. The Balaban J connectivity index is 2.85. The molecule has 1 unspecified atom stereocenters. The van der Waals surface area contributed by atoms with Gasteiger partial charge in [0.25, 0.3) is 0 Å². The Hall–Kier alpha value is -1.26. The molecule has 0 heterocycles. The van der Waals surface area contributed by atoms with E-state index in [9.17, 15) is 0 Å². The third kappa shape index (κ3) is 4.24. The Labute approximate surface area is 103 Å². The van der Waals surface area contributed by atoms with E-state index in [-0.39, 0.29) is 12.8 Å². The van der Waals surface area contributed by atoms with E-state index in [4.69, 9.17) is 19.9 Å². The number of rotatable bonds is 7. The van der Waals surface area contributed by atoms with Crippen LogP contribution < -0.4 is 15.2 Å². The third-order valence-electron chi connectivity index (χ3n) is 2.61. The molecule has 1 aromatic carbocycles. The molecule has 0 saturated carbocycles. The summed E-state index contributed by atoms with van der Waals surface area (Å²) < 4.78 is 15.6. The van der Waals surface area contributed by atoms with Crippen molar-refractivity contribution in [3.8, 4) is 11.5 Å². The quantitative estimate of drug-likeness (QED) is 0.739. The van der Waals surface area contributed by atoms with Gasteiger partial charge in [-0.3, -0.25) is 0 Å². The summed E-state index contributed by atoms with van der Waals surface area (Å²) >= 11 is 0. The van der Waals surface area contributed by atoms with Crippen LogP contribution in [-0.2, 0) is 11.2 Å². The van der Waals surface area contributed by atoms with Crippen molar-refractivity contribution in [3.63, 3.8) is 0 Å². The zero-order chi connectivity index (χ0) is 12.7. The van der Waals surface area contributed by atoms with Gasteiger partial charge in [-0.25, -0.2) is 0 Å². The van der Waals surface area contributed by atoms with Crippen molar-refractivity contribution in [1.29, 1.82) is 0 Å². The average Bonchev–Trinajstić information content (AvgIpc) is 2.37. The summed E-state index contributed by atoms with van der Waals surface area (Å²) in [7, 11) is 3.23. The molecule has 0 aromatic heterocycles. The van der Waals surface area contributed by atoms with E-state index in [0.29, 0.717) is 0 Å². The van der Waals surface area contributed by atoms with Crippen LogP contribution in [0.25, 0.3) is 0 Å². The monoisotopic (exact) mass is 239 g/mol. The zero-order valence-electron chi connectivity index (χ0n) is 10.7. The third-order valence-corrected chi connectivity index (χ3v) is 2.61. The van der Waals surface area contributed by atoms with Crippen LogP contribution in [0.5, 0.6) is 11.5 Å². The molecular formula is C13H21NO3. The van der Waals surface area contributed by atoms with Crippen LogP contribution in [0.15, 0.2) is 18.2 Å². The molecule has 0 aliphatic rings. The van der Waals surface area contributed by atoms with Gasteiger partial charge in [0.15, 0.2) is 6.79 Å². The zero-order valence-corrected chi connectivity index (χ0v) is 10.7. The topological polar surface area (TPSA) is 53.7 Å². The van der Waals surface area contributed by atoms with Gasteiger partial charge >= 0.3 is 0 Å². The molecule has 1 rings (SSSR count). The van der Waals surface area contributed by atoms with E-state index >= 15 is 0 Å². The normalized spacial score (nSPS) is 12.2. The molecule has 0 fully saturated rings. The number of nitrogens with two attached hydrogens (primary N) is 1. The van der Waals surface area contributed by atoms with Crippen LogP contribution in [0.4, 0.5) is 0 Å². The molecule has 2 N–H and O–H groups in total. The van der Waals surface area contributed by atoms with Crippen molar-refractivity contribution in [1.82, 2.24) is 0 Å². The minimum absolute atomic E-state index is 0.147. The molecule has 0 aliphatic heterocycles. The van der Waals surface area contributed by atoms with E-state index in [1.54, 1.807) is 14.2 Å². The standard InChI is InChI=1S/C13H21NO3/c1-4-11(14)7-10-5-6-12(16-3)8-13(10)17-9-15-2/h5-6,8,11H,4,7,9,14H2,1-3H3. The smallest absolute Gasteiger partial charge is 0.188 e. The van der Waals surface area contributed by atoms with Gasteiger partial charge in [0.2, 0.25) is 0 Å². The lowest BCUT2D eigenvalue weighted by Crippen LogP contribution is -2.21. The lowest BCUT2D eigenvalue weighted by Gasteiger charge is -2.15.